The second-order valence-electron chi connectivity index (χ2n) is 4.20. The molecule has 0 saturated heterocycles. The maximum atomic E-state index is 13.9. The van der Waals surface area contributed by atoms with E-state index in [2.05, 4.69) is 4.98 Å². The Balaban J connectivity index is 2.42. The third-order valence-electron chi connectivity index (χ3n) is 2.94. The van der Waals surface area contributed by atoms with Crippen LogP contribution in [0.5, 0.6) is 0 Å². The number of aromatic nitrogens is 1. The fourth-order valence-electron chi connectivity index (χ4n) is 2.13. The molecule has 0 N–H and O–H groups in total. The van der Waals surface area contributed by atoms with Gasteiger partial charge in [-0.1, -0.05) is 18.2 Å². The van der Waals surface area contributed by atoms with Gasteiger partial charge in [0, 0.05) is 27.4 Å². The Morgan fingerprint density at radius 2 is 2.00 bits per heavy atom. The van der Waals surface area contributed by atoms with Gasteiger partial charge >= 0.3 is 0 Å². The Hall–Kier alpha value is -2.07. The number of ketones is 1. The SMILES string of the molecule is CC(=O)c1sc2ccccc2c1-c1cccnc1F. The van der Waals surface area contributed by atoms with Crippen LogP contribution in [0.25, 0.3) is 21.2 Å². The average Bonchev–Trinajstić information content (AvgIpc) is 2.79. The van der Waals surface area contributed by atoms with E-state index in [-0.39, 0.29) is 5.78 Å². The first kappa shape index (κ1) is 12.0. The van der Waals surface area contributed by atoms with Crippen LogP contribution in [0.4, 0.5) is 4.39 Å². The summed E-state index contributed by atoms with van der Waals surface area (Å²) in [6, 6.07) is 11.0. The molecule has 0 radical (unpaired) electrons. The number of hydrogen-bond acceptors (Lipinski definition) is 3. The first-order valence-electron chi connectivity index (χ1n) is 5.82. The summed E-state index contributed by atoms with van der Waals surface area (Å²) in [4.78, 5) is 16.0. The summed E-state index contributed by atoms with van der Waals surface area (Å²) < 4.78 is 14.9. The molecule has 0 aliphatic rings. The molecule has 0 bridgehead atoms. The molecule has 19 heavy (non-hydrogen) atoms. The summed E-state index contributed by atoms with van der Waals surface area (Å²) in [5.41, 5.74) is 1.03. The van der Waals surface area contributed by atoms with Crippen molar-refractivity contribution in [2.24, 2.45) is 0 Å². The summed E-state index contributed by atoms with van der Waals surface area (Å²) in [6.45, 7) is 1.50. The van der Waals surface area contributed by atoms with Crippen molar-refractivity contribution in [1.29, 1.82) is 0 Å². The van der Waals surface area contributed by atoms with Gasteiger partial charge in [0.25, 0.3) is 0 Å². The lowest BCUT2D eigenvalue weighted by Gasteiger charge is -2.03. The smallest absolute Gasteiger partial charge is 0.220 e. The van der Waals surface area contributed by atoms with Crippen LogP contribution in [-0.2, 0) is 0 Å². The van der Waals surface area contributed by atoms with Crippen molar-refractivity contribution in [2.45, 2.75) is 6.92 Å². The van der Waals surface area contributed by atoms with Crippen molar-refractivity contribution >= 4 is 27.2 Å². The molecule has 0 aliphatic heterocycles. The highest BCUT2D eigenvalue weighted by atomic mass is 32.1. The van der Waals surface area contributed by atoms with Crippen LogP contribution in [-0.4, -0.2) is 10.8 Å². The van der Waals surface area contributed by atoms with Crippen LogP contribution in [0.1, 0.15) is 16.6 Å². The molecule has 4 heteroatoms. The average molecular weight is 271 g/mol. The Morgan fingerprint density at radius 3 is 2.74 bits per heavy atom. The Kier molecular flexibility index (Phi) is 2.87. The summed E-state index contributed by atoms with van der Waals surface area (Å²) in [6.07, 6.45) is 1.40. The molecule has 3 rings (SSSR count). The molecule has 2 heterocycles. The predicted octanol–water partition coefficient (Wildman–Crippen LogP) is 4.31. The molecule has 0 saturated carbocycles. The van der Waals surface area contributed by atoms with Gasteiger partial charge in [-0.25, -0.2) is 4.98 Å². The molecule has 0 fully saturated rings. The van der Waals surface area contributed by atoms with Crippen molar-refractivity contribution in [3.63, 3.8) is 0 Å². The molecule has 2 nitrogen and oxygen atoms in total. The van der Waals surface area contributed by atoms with E-state index >= 15 is 0 Å². The molecular weight excluding hydrogens is 261 g/mol. The van der Waals surface area contributed by atoms with E-state index < -0.39 is 5.95 Å². The molecule has 0 spiro atoms. The summed E-state index contributed by atoms with van der Waals surface area (Å²) in [7, 11) is 0. The zero-order chi connectivity index (χ0) is 13.4. The van der Waals surface area contributed by atoms with Gasteiger partial charge < -0.3 is 0 Å². The Labute approximate surface area is 113 Å². The first-order chi connectivity index (χ1) is 9.18. The maximum absolute atomic E-state index is 13.9. The zero-order valence-corrected chi connectivity index (χ0v) is 11.0. The number of benzene rings is 1. The molecule has 94 valence electrons. The third kappa shape index (κ3) is 1.94. The van der Waals surface area contributed by atoms with Crippen LogP contribution in [0.15, 0.2) is 42.6 Å². The number of carbonyl (C=O) groups is 1. The van der Waals surface area contributed by atoms with Gasteiger partial charge in [0.05, 0.1) is 4.88 Å². The maximum Gasteiger partial charge on any atom is 0.220 e. The van der Waals surface area contributed by atoms with E-state index in [1.54, 1.807) is 12.1 Å². The highest BCUT2D eigenvalue weighted by Crippen LogP contribution is 2.39. The number of fused-ring (bicyclic) bond motifs is 1. The number of rotatable bonds is 2. The molecule has 0 amide bonds. The molecule has 1 aromatic carbocycles. The van der Waals surface area contributed by atoms with Gasteiger partial charge in [-0.05, 0) is 25.1 Å². The number of halogens is 1. The minimum absolute atomic E-state index is 0.0561. The summed E-state index contributed by atoms with van der Waals surface area (Å²) >= 11 is 1.39. The van der Waals surface area contributed by atoms with Gasteiger partial charge in [0.1, 0.15) is 0 Å². The van der Waals surface area contributed by atoms with Gasteiger partial charge in [-0.3, -0.25) is 4.79 Å². The zero-order valence-electron chi connectivity index (χ0n) is 10.2. The van der Waals surface area contributed by atoms with Crippen molar-refractivity contribution < 1.29 is 9.18 Å². The highest BCUT2D eigenvalue weighted by Gasteiger charge is 2.19. The van der Waals surface area contributed by atoms with Crippen LogP contribution in [0.2, 0.25) is 0 Å². The number of hydrogen-bond donors (Lipinski definition) is 0. The van der Waals surface area contributed by atoms with Crippen LogP contribution < -0.4 is 0 Å². The normalized spacial score (nSPS) is 10.8. The van der Waals surface area contributed by atoms with Crippen molar-refractivity contribution in [3.8, 4) is 11.1 Å². The van der Waals surface area contributed by atoms with Crippen molar-refractivity contribution in [1.82, 2.24) is 4.98 Å². The molecule has 3 aromatic rings. The second kappa shape index (κ2) is 4.55. The fourth-order valence-corrected chi connectivity index (χ4v) is 3.25. The van der Waals surface area contributed by atoms with Gasteiger partial charge in [-0.15, -0.1) is 11.3 Å². The number of carbonyl (C=O) groups excluding carboxylic acids is 1. The fraction of sp³-hybridized carbons (Fsp3) is 0.0667. The molecular formula is C15H10FNOS. The van der Waals surface area contributed by atoms with E-state index in [1.807, 2.05) is 24.3 Å². The Morgan fingerprint density at radius 1 is 1.21 bits per heavy atom. The molecule has 0 aliphatic carbocycles. The third-order valence-corrected chi connectivity index (χ3v) is 4.22. The largest absolute Gasteiger partial charge is 0.294 e. The van der Waals surface area contributed by atoms with Gasteiger partial charge in [0.15, 0.2) is 5.78 Å². The summed E-state index contributed by atoms with van der Waals surface area (Å²) in [5, 5.41) is 0.893. The molecule has 0 unspecified atom stereocenters. The topological polar surface area (TPSA) is 30.0 Å². The predicted molar refractivity (Wildman–Crippen MR) is 75.0 cm³/mol. The number of pyridine rings is 1. The molecule has 0 atom stereocenters. The van der Waals surface area contributed by atoms with E-state index in [0.29, 0.717) is 16.0 Å². The van der Waals surface area contributed by atoms with Crippen molar-refractivity contribution in [2.75, 3.05) is 0 Å². The van der Waals surface area contributed by atoms with Gasteiger partial charge in [-0.2, -0.15) is 4.39 Å². The quantitative estimate of drug-likeness (QED) is 0.513. The Bertz CT molecular complexity index is 779. The second-order valence-corrected chi connectivity index (χ2v) is 5.25. The standard InChI is InChI=1S/C15H10FNOS/c1-9(18)14-13(11-6-4-8-17-15(11)16)10-5-2-3-7-12(10)19-14/h2-8H,1H3. The van der Waals surface area contributed by atoms with Crippen LogP contribution in [0.3, 0.4) is 0 Å². The van der Waals surface area contributed by atoms with E-state index in [0.717, 1.165) is 10.1 Å². The minimum Gasteiger partial charge on any atom is -0.294 e. The highest BCUT2D eigenvalue weighted by molar-refractivity contribution is 7.21. The first-order valence-corrected chi connectivity index (χ1v) is 6.63. The molecule has 2 aromatic heterocycles. The lowest BCUT2D eigenvalue weighted by atomic mass is 10.0. The number of thiophene rings is 1. The number of nitrogens with zero attached hydrogens (tertiary/aromatic N) is 1. The lowest BCUT2D eigenvalue weighted by Crippen LogP contribution is -1.94. The summed E-state index contributed by atoms with van der Waals surface area (Å²) in [5.74, 6) is -0.604. The van der Waals surface area contributed by atoms with E-state index in [4.69, 9.17) is 0 Å². The van der Waals surface area contributed by atoms with E-state index in [1.165, 1.54) is 24.5 Å². The lowest BCUT2D eigenvalue weighted by molar-refractivity contribution is 0.102. The monoisotopic (exact) mass is 271 g/mol. The van der Waals surface area contributed by atoms with Gasteiger partial charge in [0.2, 0.25) is 5.95 Å². The number of Topliss-reactive ketones (excluding diaryl/α,β-unsaturated/α-hetero) is 1. The minimum atomic E-state index is -0.548. The van der Waals surface area contributed by atoms with Crippen LogP contribution in [0, 0.1) is 5.95 Å². The van der Waals surface area contributed by atoms with Crippen molar-refractivity contribution in [3.05, 3.63) is 53.4 Å². The van der Waals surface area contributed by atoms with Crippen LogP contribution >= 0.6 is 11.3 Å². The van der Waals surface area contributed by atoms with E-state index in [9.17, 15) is 9.18 Å².